The lowest BCUT2D eigenvalue weighted by atomic mass is 9.75. The van der Waals surface area contributed by atoms with Gasteiger partial charge in [-0.3, -0.25) is 0 Å². The summed E-state index contributed by atoms with van der Waals surface area (Å²) in [5.41, 5.74) is 1.82. The van der Waals surface area contributed by atoms with Gasteiger partial charge in [0.1, 0.15) is 11.5 Å². The van der Waals surface area contributed by atoms with E-state index in [0.717, 1.165) is 16.3 Å². The first kappa shape index (κ1) is 17.3. The van der Waals surface area contributed by atoms with Crippen LogP contribution in [0, 0.1) is 12.3 Å². The number of carbonyl (C=O) groups is 1. The van der Waals surface area contributed by atoms with Crippen molar-refractivity contribution in [2.75, 3.05) is 0 Å². The summed E-state index contributed by atoms with van der Waals surface area (Å²) in [7, 11) is 0. The van der Waals surface area contributed by atoms with Gasteiger partial charge in [-0.1, -0.05) is 55.4 Å². The minimum atomic E-state index is -0.548. The summed E-state index contributed by atoms with van der Waals surface area (Å²) in [5, 5.41) is 14.7. The van der Waals surface area contributed by atoms with Crippen LogP contribution in [-0.2, 0) is 6.42 Å². The molecule has 1 aromatic heterocycles. The fourth-order valence-electron chi connectivity index (χ4n) is 3.83. The van der Waals surface area contributed by atoms with Crippen LogP contribution in [0.4, 0.5) is 0 Å². The van der Waals surface area contributed by atoms with Crippen LogP contribution in [0.3, 0.4) is 0 Å². The van der Waals surface area contributed by atoms with Crippen molar-refractivity contribution in [3.05, 3.63) is 65.1 Å². The van der Waals surface area contributed by atoms with E-state index in [0.29, 0.717) is 35.6 Å². The Morgan fingerprint density at radius 2 is 1.89 bits per heavy atom. The average Bonchev–Trinajstić information content (AvgIpc) is 2.96. The molecule has 5 heteroatoms. The van der Waals surface area contributed by atoms with Crippen molar-refractivity contribution in [2.24, 2.45) is 10.6 Å². The number of carbonyl (C=O) groups excluding carboxylic acids is 1. The molecule has 0 spiro atoms. The maximum Gasteiger partial charge on any atom is 0.379 e. The SMILES string of the molecule is Cc1c(C(=O)Oc2cccc3ccccc23)oc2c1/C(=N\O)CC(C)(C)C2. The van der Waals surface area contributed by atoms with Gasteiger partial charge >= 0.3 is 5.97 Å². The average molecular weight is 363 g/mol. The van der Waals surface area contributed by atoms with Crippen LogP contribution in [0.25, 0.3) is 10.8 Å². The van der Waals surface area contributed by atoms with Crippen LogP contribution in [-0.4, -0.2) is 16.9 Å². The predicted molar refractivity (Wildman–Crippen MR) is 103 cm³/mol. The molecule has 3 aromatic rings. The van der Waals surface area contributed by atoms with Crippen LogP contribution in [0.5, 0.6) is 5.75 Å². The number of benzene rings is 2. The first-order valence-corrected chi connectivity index (χ1v) is 8.93. The summed E-state index contributed by atoms with van der Waals surface area (Å²) < 4.78 is 11.5. The largest absolute Gasteiger partial charge is 0.453 e. The zero-order valence-corrected chi connectivity index (χ0v) is 15.6. The molecule has 138 valence electrons. The quantitative estimate of drug-likeness (QED) is 0.297. The number of furan rings is 1. The summed E-state index contributed by atoms with van der Waals surface area (Å²) in [6, 6.07) is 13.3. The molecule has 0 amide bonds. The van der Waals surface area contributed by atoms with Crippen molar-refractivity contribution in [1.82, 2.24) is 0 Å². The Hall–Kier alpha value is -3.08. The Kier molecular flexibility index (Phi) is 4.02. The van der Waals surface area contributed by atoms with Crippen molar-refractivity contribution >= 4 is 22.5 Å². The number of ether oxygens (including phenoxy) is 1. The number of fused-ring (bicyclic) bond motifs is 2. The lowest BCUT2D eigenvalue weighted by molar-refractivity contribution is 0.0699. The normalized spacial score (nSPS) is 17.1. The highest BCUT2D eigenvalue weighted by Gasteiger charge is 2.36. The third-order valence-electron chi connectivity index (χ3n) is 5.05. The molecule has 0 saturated heterocycles. The van der Waals surface area contributed by atoms with Gasteiger partial charge in [0.2, 0.25) is 5.76 Å². The molecule has 27 heavy (non-hydrogen) atoms. The second-order valence-corrected chi connectivity index (χ2v) is 7.79. The van der Waals surface area contributed by atoms with Gasteiger partial charge in [-0.2, -0.15) is 0 Å². The summed E-state index contributed by atoms with van der Waals surface area (Å²) in [6.07, 6.45) is 1.29. The Morgan fingerprint density at radius 1 is 1.15 bits per heavy atom. The van der Waals surface area contributed by atoms with Crippen LogP contribution in [0.2, 0.25) is 0 Å². The number of oxime groups is 1. The summed E-state index contributed by atoms with van der Waals surface area (Å²) in [5.74, 6) is 0.768. The van der Waals surface area contributed by atoms with Crippen LogP contribution in [0.1, 0.15) is 47.7 Å². The van der Waals surface area contributed by atoms with Gasteiger partial charge in [0.05, 0.1) is 5.71 Å². The highest BCUT2D eigenvalue weighted by atomic mass is 16.5. The molecule has 0 atom stereocenters. The van der Waals surface area contributed by atoms with Crippen LogP contribution < -0.4 is 4.74 Å². The summed E-state index contributed by atoms with van der Waals surface area (Å²) in [4.78, 5) is 12.8. The standard InChI is InChI=1S/C22H21NO4/c1-13-19-16(23-25)11-22(2,3)12-18(19)26-20(13)21(24)27-17-10-6-8-14-7-4-5-9-15(14)17/h4-10,25H,11-12H2,1-3H3/b23-16-. The van der Waals surface area contributed by atoms with Gasteiger partial charge in [0, 0.05) is 22.9 Å². The lowest BCUT2D eigenvalue weighted by Gasteiger charge is -2.28. The first-order chi connectivity index (χ1) is 12.9. The second-order valence-electron chi connectivity index (χ2n) is 7.79. The van der Waals surface area contributed by atoms with Gasteiger partial charge in [-0.05, 0) is 30.2 Å². The van der Waals surface area contributed by atoms with E-state index < -0.39 is 5.97 Å². The van der Waals surface area contributed by atoms with Crippen molar-refractivity contribution in [3.63, 3.8) is 0 Å². The van der Waals surface area contributed by atoms with Crippen molar-refractivity contribution in [2.45, 2.75) is 33.6 Å². The monoisotopic (exact) mass is 363 g/mol. The zero-order valence-electron chi connectivity index (χ0n) is 15.6. The molecular formula is C22H21NO4. The van der Waals surface area contributed by atoms with Crippen LogP contribution in [0.15, 0.2) is 52.0 Å². The van der Waals surface area contributed by atoms with Gasteiger partial charge in [-0.25, -0.2) is 4.79 Å². The Morgan fingerprint density at radius 3 is 2.67 bits per heavy atom. The Balaban J connectivity index is 1.72. The van der Waals surface area contributed by atoms with E-state index in [9.17, 15) is 10.0 Å². The van der Waals surface area contributed by atoms with Gasteiger partial charge in [0.25, 0.3) is 0 Å². The molecule has 4 rings (SSSR count). The molecule has 1 N–H and O–H groups in total. The molecule has 0 fully saturated rings. The van der Waals surface area contributed by atoms with E-state index in [2.05, 4.69) is 19.0 Å². The fourth-order valence-corrected chi connectivity index (χ4v) is 3.83. The number of hydrogen-bond acceptors (Lipinski definition) is 5. The minimum absolute atomic E-state index is 0.102. The number of hydrogen-bond donors (Lipinski definition) is 1. The molecule has 0 bridgehead atoms. The molecule has 0 saturated carbocycles. The molecule has 0 aliphatic heterocycles. The van der Waals surface area contributed by atoms with E-state index in [1.807, 2.05) is 36.4 Å². The molecule has 0 radical (unpaired) electrons. The summed E-state index contributed by atoms with van der Waals surface area (Å²) >= 11 is 0. The smallest absolute Gasteiger partial charge is 0.379 e. The van der Waals surface area contributed by atoms with E-state index in [-0.39, 0.29) is 11.2 Å². The second kappa shape index (κ2) is 6.27. The maximum atomic E-state index is 12.8. The van der Waals surface area contributed by atoms with Gasteiger partial charge in [-0.15, -0.1) is 0 Å². The van der Waals surface area contributed by atoms with Crippen molar-refractivity contribution < 1.29 is 19.2 Å². The summed E-state index contributed by atoms with van der Waals surface area (Å²) in [6.45, 7) is 5.95. The van der Waals surface area contributed by atoms with E-state index in [1.54, 1.807) is 13.0 Å². The highest BCUT2D eigenvalue weighted by molar-refractivity contribution is 6.06. The van der Waals surface area contributed by atoms with Gasteiger partial charge < -0.3 is 14.4 Å². The topological polar surface area (TPSA) is 72.0 Å². The van der Waals surface area contributed by atoms with E-state index >= 15 is 0 Å². The van der Waals surface area contributed by atoms with Crippen LogP contribution >= 0.6 is 0 Å². The number of nitrogens with zero attached hydrogens (tertiary/aromatic N) is 1. The molecular weight excluding hydrogens is 342 g/mol. The van der Waals surface area contributed by atoms with E-state index in [4.69, 9.17) is 9.15 Å². The Labute approximate surface area is 157 Å². The predicted octanol–water partition coefficient (Wildman–Crippen LogP) is 5.11. The lowest BCUT2D eigenvalue weighted by Crippen LogP contribution is -2.27. The molecule has 5 nitrogen and oxygen atoms in total. The Bertz CT molecular complexity index is 1070. The number of esters is 1. The molecule has 0 unspecified atom stereocenters. The van der Waals surface area contributed by atoms with Gasteiger partial charge in [0.15, 0.2) is 0 Å². The molecule has 2 aromatic carbocycles. The highest BCUT2D eigenvalue weighted by Crippen LogP contribution is 2.39. The third kappa shape index (κ3) is 2.99. The number of rotatable bonds is 2. The van der Waals surface area contributed by atoms with Crippen molar-refractivity contribution in [3.8, 4) is 5.75 Å². The maximum absolute atomic E-state index is 12.8. The van der Waals surface area contributed by atoms with E-state index in [1.165, 1.54) is 0 Å². The zero-order chi connectivity index (χ0) is 19.2. The molecule has 1 aliphatic rings. The fraction of sp³-hybridized carbons (Fsp3) is 0.273. The first-order valence-electron chi connectivity index (χ1n) is 8.93. The van der Waals surface area contributed by atoms with Crippen molar-refractivity contribution in [1.29, 1.82) is 0 Å². The minimum Gasteiger partial charge on any atom is -0.453 e. The third-order valence-corrected chi connectivity index (χ3v) is 5.05. The molecule has 1 heterocycles. The molecule has 1 aliphatic carbocycles.